The van der Waals surface area contributed by atoms with Crippen LogP contribution in [-0.2, 0) is 6.18 Å². The highest BCUT2D eigenvalue weighted by Gasteiger charge is 2.33. The zero-order chi connectivity index (χ0) is 14.8. The van der Waals surface area contributed by atoms with E-state index in [2.05, 4.69) is 0 Å². The Bertz CT molecular complexity index is 596. The van der Waals surface area contributed by atoms with Gasteiger partial charge in [-0.1, -0.05) is 11.8 Å². The Kier molecular flexibility index (Phi) is 4.85. The highest BCUT2D eigenvalue weighted by atomic mass is 127. The molecule has 2 rings (SSSR count). The molecule has 0 radical (unpaired) electrons. The minimum atomic E-state index is -4.35. The molecule has 0 N–H and O–H groups in total. The molecule has 6 heteroatoms. The Balaban J connectivity index is 2.32. The van der Waals surface area contributed by atoms with Crippen molar-refractivity contribution in [3.8, 4) is 5.75 Å². The third-order valence-electron chi connectivity index (χ3n) is 2.53. The second-order valence-corrected chi connectivity index (χ2v) is 6.28. The summed E-state index contributed by atoms with van der Waals surface area (Å²) in [5, 5.41) is 0. The predicted molar refractivity (Wildman–Crippen MR) is 81.3 cm³/mol. The lowest BCUT2D eigenvalue weighted by Crippen LogP contribution is -2.07. The van der Waals surface area contributed by atoms with Crippen LogP contribution >= 0.6 is 34.4 Å². The molecule has 0 amide bonds. The van der Waals surface area contributed by atoms with E-state index in [1.54, 1.807) is 37.4 Å². The maximum atomic E-state index is 13.0. The van der Waals surface area contributed by atoms with Crippen molar-refractivity contribution in [1.82, 2.24) is 0 Å². The molecule has 0 unspecified atom stereocenters. The predicted octanol–water partition coefficient (Wildman–Crippen LogP) is 5.47. The van der Waals surface area contributed by atoms with Gasteiger partial charge in [-0.3, -0.25) is 0 Å². The Labute approximate surface area is 132 Å². The van der Waals surface area contributed by atoms with Crippen molar-refractivity contribution >= 4 is 34.4 Å². The zero-order valence-electron chi connectivity index (χ0n) is 10.4. The van der Waals surface area contributed by atoms with Crippen LogP contribution in [0.1, 0.15) is 5.56 Å². The quantitative estimate of drug-likeness (QED) is 0.621. The van der Waals surface area contributed by atoms with Crippen molar-refractivity contribution in [3.05, 3.63) is 51.6 Å². The average molecular weight is 410 g/mol. The van der Waals surface area contributed by atoms with Crippen molar-refractivity contribution in [2.24, 2.45) is 0 Å². The minimum Gasteiger partial charge on any atom is -0.497 e. The van der Waals surface area contributed by atoms with Gasteiger partial charge in [-0.25, -0.2) is 0 Å². The molecule has 2 aromatic carbocycles. The summed E-state index contributed by atoms with van der Waals surface area (Å²) < 4.78 is 44.6. The van der Waals surface area contributed by atoms with Crippen LogP contribution in [0.5, 0.6) is 5.75 Å². The highest BCUT2D eigenvalue weighted by Crippen LogP contribution is 2.40. The number of ether oxygens (including phenoxy) is 1. The molecule has 0 spiro atoms. The van der Waals surface area contributed by atoms with Gasteiger partial charge in [-0.2, -0.15) is 13.2 Å². The van der Waals surface area contributed by atoms with Gasteiger partial charge in [-0.15, -0.1) is 0 Å². The summed E-state index contributed by atoms with van der Waals surface area (Å²) in [6.07, 6.45) is -4.35. The fourth-order valence-corrected chi connectivity index (χ4v) is 3.02. The summed E-state index contributed by atoms with van der Waals surface area (Å²) in [6, 6.07) is 11.3. The largest absolute Gasteiger partial charge is 0.497 e. The normalized spacial score (nSPS) is 11.4. The second kappa shape index (κ2) is 6.26. The summed E-state index contributed by atoms with van der Waals surface area (Å²) >= 11 is 2.97. The van der Waals surface area contributed by atoms with E-state index in [0.717, 1.165) is 22.7 Å². The van der Waals surface area contributed by atoms with Crippen molar-refractivity contribution in [2.75, 3.05) is 7.11 Å². The van der Waals surface area contributed by atoms with Crippen LogP contribution in [0.15, 0.2) is 52.3 Å². The molecule has 0 aliphatic heterocycles. The monoisotopic (exact) mass is 410 g/mol. The maximum Gasteiger partial charge on any atom is 0.417 e. The van der Waals surface area contributed by atoms with Gasteiger partial charge >= 0.3 is 6.18 Å². The first-order valence-corrected chi connectivity index (χ1v) is 7.48. The highest BCUT2D eigenvalue weighted by molar-refractivity contribution is 14.1. The van der Waals surface area contributed by atoms with Gasteiger partial charge in [0.2, 0.25) is 0 Å². The first-order valence-electron chi connectivity index (χ1n) is 5.59. The van der Waals surface area contributed by atoms with E-state index >= 15 is 0 Å². The van der Waals surface area contributed by atoms with Crippen LogP contribution in [0.3, 0.4) is 0 Å². The first-order chi connectivity index (χ1) is 9.40. The lowest BCUT2D eigenvalue weighted by Gasteiger charge is -2.13. The molecule has 20 heavy (non-hydrogen) atoms. The lowest BCUT2D eigenvalue weighted by atomic mass is 10.2. The third-order valence-corrected chi connectivity index (χ3v) is 4.29. The molecular formula is C14H10F3IOS. The molecule has 0 aromatic heterocycles. The summed E-state index contributed by atoms with van der Waals surface area (Å²) in [5.41, 5.74) is -0.606. The van der Waals surface area contributed by atoms with Crippen molar-refractivity contribution in [1.29, 1.82) is 0 Å². The number of rotatable bonds is 3. The summed E-state index contributed by atoms with van der Waals surface area (Å²) in [6.45, 7) is 0. The van der Waals surface area contributed by atoms with Gasteiger partial charge in [0.15, 0.2) is 0 Å². The molecule has 1 nitrogen and oxygen atoms in total. The van der Waals surface area contributed by atoms with Gasteiger partial charge in [0, 0.05) is 13.4 Å². The molecule has 2 aromatic rings. The zero-order valence-corrected chi connectivity index (χ0v) is 13.3. The van der Waals surface area contributed by atoms with Crippen LogP contribution in [0, 0.1) is 3.57 Å². The SMILES string of the molecule is COc1ccc(Sc2ccc(I)cc2C(F)(F)F)cc1. The molecule has 106 valence electrons. The van der Waals surface area contributed by atoms with Crippen molar-refractivity contribution in [3.63, 3.8) is 0 Å². The third kappa shape index (κ3) is 3.82. The fraction of sp³-hybridized carbons (Fsp3) is 0.143. The number of methoxy groups -OCH3 is 1. The van der Waals surface area contributed by atoms with E-state index in [1.807, 2.05) is 22.6 Å². The molecule has 0 saturated carbocycles. The Morgan fingerprint density at radius 2 is 1.70 bits per heavy atom. The van der Waals surface area contributed by atoms with Crippen molar-refractivity contribution < 1.29 is 17.9 Å². The number of hydrogen-bond acceptors (Lipinski definition) is 2. The number of alkyl halides is 3. The molecular weight excluding hydrogens is 400 g/mol. The van der Waals surface area contributed by atoms with Crippen LogP contribution in [0.25, 0.3) is 0 Å². The summed E-state index contributed by atoms with van der Waals surface area (Å²) in [7, 11) is 1.54. The van der Waals surface area contributed by atoms with Gasteiger partial charge in [-0.05, 0) is 65.1 Å². The Morgan fingerprint density at radius 3 is 2.25 bits per heavy atom. The molecule has 0 heterocycles. The van der Waals surface area contributed by atoms with Crippen molar-refractivity contribution in [2.45, 2.75) is 16.0 Å². The fourth-order valence-electron chi connectivity index (χ4n) is 1.58. The molecule has 0 aliphatic rings. The van der Waals surface area contributed by atoms with Crippen LogP contribution in [0.4, 0.5) is 13.2 Å². The van der Waals surface area contributed by atoms with E-state index < -0.39 is 11.7 Å². The topological polar surface area (TPSA) is 9.23 Å². The minimum absolute atomic E-state index is 0.197. The Morgan fingerprint density at radius 1 is 1.05 bits per heavy atom. The van der Waals surface area contributed by atoms with E-state index in [4.69, 9.17) is 4.74 Å². The summed E-state index contributed by atoms with van der Waals surface area (Å²) in [5.74, 6) is 0.674. The maximum absolute atomic E-state index is 13.0. The molecule has 0 saturated heterocycles. The summed E-state index contributed by atoms with van der Waals surface area (Å²) in [4.78, 5) is 0.931. The van der Waals surface area contributed by atoms with Gasteiger partial charge in [0.25, 0.3) is 0 Å². The average Bonchev–Trinajstić information content (AvgIpc) is 2.40. The van der Waals surface area contributed by atoms with Gasteiger partial charge in [0.1, 0.15) is 5.75 Å². The molecule has 0 fully saturated rings. The van der Waals surface area contributed by atoms with E-state index in [0.29, 0.717) is 9.32 Å². The van der Waals surface area contributed by atoms with Crippen LogP contribution in [-0.4, -0.2) is 7.11 Å². The molecule has 0 bridgehead atoms. The lowest BCUT2D eigenvalue weighted by molar-refractivity contribution is -0.139. The van der Waals surface area contributed by atoms with E-state index in [-0.39, 0.29) is 4.90 Å². The molecule has 0 aliphatic carbocycles. The standard InChI is InChI=1S/C14H10F3IOS/c1-19-10-3-5-11(6-4-10)20-13-7-2-9(18)8-12(13)14(15,16)17/h2-8H,1H3. The molecule has 0 atom stereocenters. The van der Waals surface area contributed by atoms with E-state index in [9.17, 15) is 13.2 Å². The second-order valence-electron chi connectivity index (χ2n) is 3.92. The van der Waals surface area contributed by atoms with Crippen LogP contribution in [0.2, 0.25) is 0 Å². The number of hydrogen-bond donors (Lipinski definition) is 0. The van der Waals surface area contributed by atoms with Gasteiger partial charge in [0.05, 0.1) is 12.7 Å². The Hall–Kier alpha value is -0.890. The van der Waals surface area contributed by atoms with Crippen LogP contribution < -0.4 is 4.74 Å². The van der Waals surface area contributed by atoms with E-state index in [1.165, 1.54) is 6.07 Å². The smallest absolute Gasteiger partial charge is 0.417 e. The number of halogens is 4. The number of benzene rings is 2. The van der Waals surface area contributed by atoms with Gasteiger partial charge < -0.3 is 4.74 Å². The first kappa shape index (κ1) is 15.5.